The van der Waals surface area contributed by atoms with Gasteiger partial charge in [-0.2, -0.15) is 4.98 Å². The van der Waals surface area contributed by atoms with E-state index in [1.807, 2.05) is 41.8 Å². The highest BCUT2D eigenvalue weighted by Crippen LogP contribution is 2.23. The lowest BCUT2D eigenvalue weighted by Crippen LogP contribution is -2.46. The molecule has 1 saturated heterocycles. The first kappa shape index (κ1) is 21.0. The molecule has 11 heteroatoms. The van der Waals surface area contributed by atoms with Gasteiger partial charge in [0.2, 0.25) is 11.7 Å². The van der Waals surface area contributed by atoms with Crippen LogP contribution < -0.4 is 4.74 Å². The van der Waals surface area contributed by atoms with Gasteiger partial charge in [-0.3, -0.25) is 9.80 Å². The van der Waals surface area contributed by atoms with Gasteiger partial charge in [-0.25, -0.2) is 4.68 Å². The third-order valence-corrected chi connectivity index (χ3v) is 6.46. The maximum atomic E-state index is 5.66. The number of rotatable bonds is 7. The average molecular weight is 471 g/mol. The van der Waals surface area contributed by atoms with Gasteiger partial charge in [0.05, 0.1) is 25.2 Å². The molecular weight excluding hydrogens is 448 g/mol. The summed E-state index contributed by atoms with van der Waals surface area (Å²) in [6, 6.07) is 11.6. The van der Waals surface area contributed by atoms with Gasteiger partial charge in [0.25, 0.3) is 10.7 Å². The number of nitrogens with zero attached hydrogens (tertiary/aromatic N) is 6. The number of ether oxygens (including phenoxy) is 1. The van der Waals surface area contributed by atoms with Crippen molar-refractivity contribution in [2.45, 2.75) is 13.2 Å². The molecule has 1 aliphatic rings. The summed E-state index contributed by atoms with van der Waals surface area (Å²) in [7, 11) is 1.64. The number of thiophene rings is 1. The zero-order chi connectivity index (χ0) is 21.9. The van der Waals surface area contributed by atoms with E-state index in [-0.39, 0.29) is 0 Å². The maximum Gasteiger partial charge on any atom is 0.288 e. The third-order valence-electron chi connectivity index (χ3n) is 5.31. The van der Waals surface area contributed by atoms with Crippen molar-refractivity contribution in [1.82, 2.24) is 29.7 Å². The predicted octanol–water partition coefficient (Wildman–Crippen LogP) is 3.77. The Kier molecular flexibility index (Phi) is 6.12. The van der Waals surface area contributed by atoms with Gasteiger partial charge in [0, 0.05) is 31.7 Å². The first-order valence-electron chi connectivity index (χ1n) is 10.2. The molecule has 0 atom stereocenters. The zero-order valence-electron chi connectivity index (χ0n) is 17.5. The molecule has 9 nitrogen and oxygen atoms in total. The Hall–Kier alpha value is -2.86. The summed E-state index contributed by atoms with van der Waals surface area (Å²) in [6.07, 6.45) is 0. The van der Waals surface area contributed by atoms with Crippen LogP contribution in [0.5, 0.6) is 5.75 Å². The van der Waals surface area contributed by atoms with Crippen molar-refractivity contribution in [3.8, 4) is 27.9 Å². The molecule has 0 bridgehead atoms. The minimum atomic E-state index is 0.396. The fourth-order valence-electron chi connectivity index (χ4n) is 3.54. The van der Waals surface area contributed by atoms with Crippen LogP contribution in [0.3, 0.4) is 0 Å². The Labute approximate surface area is 193 Å². The average Bonchev–Trinajstić information content (AvgIpc) is 3.57. The lowest BCUT2D eigenvalue weighted by Gasteiger charge is -2.33. The fraction of sp³-hybridized carbons (Fsp3) is 0.333. The Morgan fingerprint density at radius 1 is 1.09 bits per heavy atom. The fourth-order valence-corrected chi connectivity index (χ4v) is 4.36. The summed E-state index contributed by atoms with van der Waals surface area (Å²) < 4.78 is 18.1. The van der Waals surface area contributed by atoms with Crippen LogP contribution in [0.4, 0.5) is 0 Å². The van der Waals surface area contributed by atoms with E-state index in [1.165, 1.54) is 0 Å². The van der Waals surface area contributed by atoms with Gasteiger partial charge in [-0.05, 0) is 47.9 Å². The van der Waals surface area contributed by atoms with E-state index in [0.29, 0.717) is 35.7 Å². The topological polar surface area (TPSA) is 85.6 Å². The minimum absolute atomic E-state index is 0.396. The second-order valence-electron chi connectivity index (χ2n) is 7.43. The smallest absolute Gasteiger partial charge is 0.288 e. The summed E-state index contributed by atoms with van der Waals surface area (Å²) in [5, 5.41) is 10.6. The number of benzene rings is 1. The monoisotopic (exact) mass is 470 g/mol. The first-order valence-corrected chi connectivity index (χ1v) is 11.5. The van der Waals surface area contributed by atoms with Crippen molar-refractivity contribution >= 4 is 23.6 Å². The molecule has 4 aromatic rings. The summed E-state index contributed by atoms with van der Waals surface area (Å²) in [4.78, 5) is 10.5. The van der Waals surface area contributed by atoms with Gasteiger partial charge in [0.1, 0.15) is 5.75 Å². The van der Waals surface area contributed by atoms with E-state index in [1.54, 1.807) is 23.1 Å². The van der Waals surface area contributed by atoms with E-state index in [0.717, 1.165) is 42.4 Å². The molecule has 1 aromatic carbocycles. The standard InChI is InChI=1S/C21H22N6O3S2/c1-28-16-6-4-15(5-7-16)19-22-18(30-24-19)13-25-8-10-26(11-9-25)14-27-21(31)29-20(23-27)17-3-2-12-32-17/h2-7,12H,8-11,13-14H2,1H3. The van der Waals surface area contributed by atoms with Gasteiger partial charge in [-0.15, -0.1) is 16.4 Å². The van der Waals surface area contributed by atoms with Crippen molar-refractivity contribution in [2.24, 2.45) is 0 Å². The highest BCUT2D eigenvalue weighted by molar-refractivity contribution is 7.71. The molecule has 32 heavy (non-hydrogen) atoms. The van der Waals surface area contributed by atoms with Crippen LogP contribution in [0.2, 0.25) is 0 Å². The predicted molar refractivity (Wildman–Crippen MR) is 122 cm³/mol. The van der Waals surface area contributed by atoms with Crippen LogP contribution in [0.25, 0.3) is 22.2 Å². The Morgan fingerprint density at radius 3 is 2.59 bits per heavy atom. The number of methoxy groups -OCH3 is 1. The summed E-state index contributed by atoms with van der Waals surface area (Å²) in [5.41, 5.74) is 0.900. The molecule has 0 amide bonds. The lowest BCUT2D eigenvalue weighted by molar-refractivity contribution is 0.0902. The Balaban J connectivity index is 1.15. The molecule has 1 fully saturated rings. The van der Waals surface area contributed by atoms with Gasteiger partial charge < -0.3 is 13.7 Å². The molecule has 3 aromatic heterocycles. The highest BCUT2D eigenvalue weighted by atomic mass is 32.1. The summed E-state index contributed by atoms with van der Waals surface area (Å²) in [6.45, 7) is 4.81. The summed E-state index contributed by atoms with van der Waals surface area (Å²) >= 11 is 6.93. The van der Waals surface area contributed by atoms with Crippen molar-refractivity contribution in [3.63, 3.8) is 0 Å². The zero-order valence-corrected chi connectivity index (χ0v) is 19.1. The third kappa shape index (κ3) is 4.65. The lowest BCUT2D eigenvalue weighted by atomic mass is 10.2. The number of hydrogen-bond acceptors (Lipinski definition) is 10. The van der Waals surface area contributed by atoms with Gasteiger partial charge in [0.15, 0.2) is 0 Å². The maximum absolute atomic E-state index is 5.66. The van der Waals surface area contributed by atoms with E-state index in [2.05, 4.69) is 25.0 Å². The number of aromatic nitrogens is 4. The van der Waals surface area contributed by atoms with Crippen molar-refractivity contribution < 1.29 is 13.7 Å². The molecule has 166 valence electrons. The van der Waals surface area contributed by atoms with E-state index in [4.69, 9.17) is 25.9 Å². The number of hydrogen-bond donors (Lipinski definition) is 0. The Morgan fingerprint density at radius 2 is 1.88 bits per heavy atom. The molecule has 0 N–H and O–H groups in total. The van der Waals surface area contributed by atoms with Crippen LogP contribution >= 0.6 is 23.6 Å². The van der Waals surface area contributed by atoms with Crippen LogP contribution in [0, 0.1) is 4.84 Å². The van der Waals surface area contributed by atoms with Crippen LogP contribution in [-0.2, 0) is 13.2 Å². The van der Waals surface area contributed by atoms with Crippen molar-refractivity contribution in [3.05, 3.63) is 52.5 Å². The van der Waals surface area contributed by atoms with Crippen LogP contribution in [-0.4, -0.2) is 63.0 Å². The SMILES string of the molecule is COc1ccc(-c2noc(CN3CCN(Cn4nc(-c5cccs5)oc4=S)CC3)n2)cc1. The molecule has 0 unspecified atom stereocenters. The van der Waals surface area contributed by atoms with Crippen molar-refractivity contribution in [1.29, 1.82) is 0 Å². The highest BCUT2D eigenvalue weighted by Gasteiger charge is 2.21. The Bertz CT molecular complexity index is 1210. The van der Waals surface area contributed by atoms with Crippen LogP contribution in [0.1, 0.15) is 5.89 Å². The normalized spacial score (nSPS) is 15.3. The second kappa shape index (κ2) is 9.33. The molecular formula is C21H22N6O3S2. The first-order chi connectivity index (χ1) is 15.7. The molecule has 5 rings (SSSR count). The van der Waals surface area contributed by atoms with Crippen molar-refractivity contribution in [2.75, 3.05) is 33.3 Å². The van der Waals surface area contributed by atoms with E-state index in [9.17, 15) is 0 Å². The molecule has 0 spiro atoms. The number of piperazine rings is 1. The second-order valence-corrected chi connectivity index (χ2v) is 8.72. The minimum Gasteiger partial charge on any atom is -0.497 e. The molecule has 0 aliphatic carbocycles. The van der Waals surface area contributed by atoms with Gasteiger partial charge in [-0.1, -0.05) is 11.2 Å². The molecule has 0 radical (unpaired) electrons. The van der Waals surface area contributed by atoms with E-state index < -0.39 is 0 Å². The largest absolute Gasteiger partial charge is 0.497 e. The quantitative estimate of drug-likeness (QED) is 0.375. The van der Waals surface area contributed by atoms with Crippen LogP contribution in [0.15, 0.2) is 50.7 Å². The van der Waals surface area contributed by atoms with Gasteiger partial charge >= 0.3 is 0 Å². The summed E-state index contributed by atoms with van der Waals surface area (Å²) in [5.74, 6) is 2.57. The molecule has 0 saturated carbocycles. The molecule has 1 aliphatic heterocycles. The molecule has 4 heterocycles. The van der Waals surface area contributed by atoms with E-state index >= 15 is 0 Å².